The molecule has 3 rings (SSSR count). The molecule has 0 N–H and O–H groups in total. The number of aryl methyl sites for hydroxylation is 2. The first-order valence-corrected chi connectivity index (χ1v) is 6.95. The second-order valence-electron chi connectivity index (χ2n) is 5.26. The fourth-order valence-corrected chi connectivity index (χ4v) is 2.60. The van der Waals surface area contributed by atoms with Crippen molar-refractivity contribution in [3.05, 3.63) is 35.5 Å². The Morgan fingerprint density at radius 2 is 2.30 bits per heavy atom. The van der Waals surface area contributed by atoms with Crippen LogP contribution >= 0.6 is 0 Å². The van der Waals surface area contributed by atoms with Gasteiger partial charge in [0.15, 0.2) is 0 Å². The third kappa shape index (κ3) is 2.91. The minimum absolute atomic E-state index is 0.184. The first-order chi connectivity index (χ1) is 9.72. The third-order valence-corrected chi connectivity index (χ3v) is 3.74. The molecule has 6 heteroatoms. The van der Waals surface area contributed by atoms with E-state index in [4.69, 9.17) is 9.26 Å². The van der Waals surface area contributed by atoms with Crippen molar-refractivity contribution in [2.75, 3.05) is 19.7 Å². The van der Waals surface area contributed by atoms with Crippen molar-refractivity contribution in [2.24, 2.45) is 0 Å². The van der Waals surface area contributed by atoms with Gasteiger partial charge < -0.3 is 9.26 Å². The summed E-state index contributed by atoms with van der Waals surface area (Å²) in [5.41, 5.74) is 2.18. The molecule has 0 unspecified atom stereocenters. The zero-order chi connectivity index (χ0) is 13.9. The van der Waals surface area contributed by atoms with Crippen molar-refractivity contribution < 1.29 is 9.26 Å². The van der Waals surface area contributed by atoms with Gasteiger partial charge in [-0.15, -0.1) is 0 Å². The number of nitrogens with zero attached hydrogens (tertiary/aromatic N) is 4. The number of hydrogen-bond donors (Lipinski definition) is 0. The molecular weight excluding hydrogens is 256 g/mol. The largest absolute Gasteiger partial charge is 0.374 e. The molecule has 1 aliphatic heterocycles. The van der Waals surface area contributed by atoms with Gasteiger partial charge in [0.1, 0.15) is 5.76 Å². The Balaban J connectivity index is 1.60. The Morgan fingerprint density at radius 3 is 3.00 bits per heavy atom. The molecule has 0 spiro atoms. The summed E-state index contributed by atoms with van der Waals surface area (Å²) < 4.78 is 13.0. The smallest absolute Gasteiger partial charge is 0.138 e. The van der Waals surface area contributed by atoms with E-state index in [0.717, 1.165) is 44.2 Å². The molecule has 0 bridgehead atoms. The second-order valence-corrected chi connectivity index (χ2v) is 5.26. The van der Waals surface area contributed by atoms with E-state index >= 15 is 0 Å². The molecule has 20 heavy (non-hydrogen) atoms. The highest BCUT2D eigenvalue weighted by Crippen LogP contribution is 2.17. The Labute approximate surface area is 118 Å². The van der Waals surface area contributed by atoms with Gasteiger partial charge in [0.05, 0.1) is 24.9 Å². The van der Waals surface area contributed by atoms with E-state index in [-0.39, 0.29) is 6.10 Å². The minimum atomic E-state index is 0.184. The summed E-state index contributed by atoms with van der Waals surface area (Å²) in [6, 6.07) is 1.93. The molecule has 0 aliphatic carbocycles. The van der Waals surface area contributed by atoms with Crippen molar-refractivity contribution in [3.63, 3.8) is 0 Å². The Hall–Kier alpha value is -1.66. The van der Waals surface area contributed by atoms with E-state index in [0.29, 0.717) is 0 Å². The fourth-order valence-electron chi connectivity index (χ4n) is 2.60. The molecule has 1 atom stereocenters. The summed E-state index contributed by atoms with van der Waals surface area (Å²) in [5.74, 6) is 0.914. The van der Waals surface area contributed by atoms with Crippen LogP contribution in [0.3, 0.4) is 0 Å². The highest BCUT2D eigenvalue weighted by Gasteiger charge is 2.23. The van der Waals surface area contributed by atoms with Gasteiger partial charge >= 0.3 is 0 Å². The average Bonchev–Trinajstić information content (AvgIpc) is 3.04. The van der Waals surface area contributed by atoms with Crippen molar-refractivity contribution in [1.29, 1.82) is 0 Å². The van der Waals surface area contributed by atoms with Crippen LogP contribution < -0.4 is 0 Å². The predicted molar refractivity (Wildman–Crippen MR) is 73.2 cm³/mol. The van der Waals surface area contributed by atoms with Gasteiger partial charge in [-0.1, -0.05) is 5.16 Å². The molecule has 2 aromatic heterocycles. The molecule has 1 aliphatic rings. The summed E-state index contributed by atoms with van der Waals surface area (Å²) in [4.78, 5) is 2.39. The van der Waals surface area contributed by atoms with Crippen LogP contribution in [0.5, 0.6) is 0 Å². The maximum atomic E-state index is 5.82. The first-order valence-electron chi connectivity index (χ1n) is 6.95. The lowest BCUT2D eigenvalue weighted by atomic mass is 10.1. The van der Waals surface area contributed by atoms with E-state index in [9.17, 15) is 0 Å². The van der Waals surface area contributed by atoms with Crippen LogP contribution in [0.2, 0.25) is 0 Å². The molecule has 1 saturated heterocycles. The summed E-state index contributed by atoms with van der Waals surface area (Å²) >= 11 is 0. The van der Waals surface area contributed by atoms with Gasteiger partial charge in [-0.3, -0.25) is 9.58 Å². The van der Waals surface area contributed by atoms with Crippen LogP contribution in [0.4, 0.5) is 0 Å². The van der Waals surface area contributed by atoms with Gasteiger partial charge in [0, 0.05) is 37.6 Å². The van der Waals surface area contributed by atoms with Crippen molar-refractivity contribution in [1.82, 2.24) is 19.8 Å². The normalized spacial score (nSPS) is 20.4. The quantitative estimate of drug-likeness (QED) is 0.844. The maximum Gasteiger partial charge on any atom is 0.138 e. The summed E-state index contributed by atoms with van der Waals surface area (Å²) in [6.45, 7) is 8.24. The van der Waals surface area contributed by atoms with E-state index < -0.39 is 0 Å². The predicted octanol–water partition coefficient (Wildman–Crippen LogP) is 1.39. The lowest BCUT2D eigenvalue weighted by Gasteiger charge is -2.32. The van der Waals surface area contributed by atoms with Gasteiger partial charge in [-0.25, -0.2) is 0 Å². The molecule has 0 aromatic carbocycles. The van der Waals surface area contributed by atoms with Crippen LogP contribution in [-0.2, 0) is 17.8 Å². The number of ether oxygens (including phenoxy) is 1. The van der Waals surface area contributed by atoms with Gasteiger partial charge in [0.25, 0.3) is 0 Å². The van der Waals surface area contributed by atoms with Crippen LogP contribution in [0.1, 0.15) is 17.0 Å². The van der Waals surface area contributed by atoms with Crippen LogP contribution in [0, 0.1) is 13.8 Å². The Bertz CT molecular complexity index is 530. The van der Waals surface area contributed by atoms with Crippen LogP contribution in [-0.4, -0.2) is 45.6 Å². The molecule has 2 aromatic rings. The maximum absolute atomic E-state index is 5.82. The average molecular weight is 276 g/mol. The van der Waals surface area contributed by atoms with Gasteiger partial charge in [-0.2, -0.15) is 5.10 Å². The summed E-state index contributed by atoms with van der Waals surface area (Å²) in [6.07, 6.45) is 3.95. The van der Waals surface area contributed by atoms with Gasteiger partial charge in [0.2, 0.25) is 0 Å². The number of morpholine rings is 1. The lowest BCUT2D eigenvalue weighted by molar-refractivity contribution is -0.0403. The number of hydrogen-bond acceptors (Lipinski definition) is 5. The second kappa shape index (κ2) is 5.76. The minimum Gasteiger partial charge on any atom is -0.374 e. The highest BCUT2D eigenvalue weighted by molar-refractivity contribution is 5.20. The zero-order valence-corrected chi connectivity index (χ0v) is 12.0. The zero-order valence-electron chi connectivity index (χ0n) is 12.0. The molecule has 3 heterocycles. The SMILES string of the molecule is Cc1noc(C)c1CN1CCO[C@H](Cn2cccn2)C1. The first kappa shape index (κ1) is 13.3. The monoisotopic (exact) mass is 276 g/mol. The van der Waals surface area contributed by atoms with Crippen molar-refractivity contribution >= 4 is 0 Å². The molecule has 1 fully saturated rings. The highest BCUT2D eigenvalue weighted by atomic mass is 16.5. The van der Waals surface area contributed by atoms with E-state index in [2.05, 4.69) is 15.2 Å². The van der Waals surface area contributed by atoms with Gasteiger partial charge in [-0.05, 0) is 19.9 Å². The molecule has 0 radical (unpaired) electrons. The molecule has 108 valence electrons. The summed E-state index contributed by atoms with van der Waals surface area (Å²) in [5, 5.41) is 8.25. The molecular formula is C14H20N4O2. The Morgan fingerprint density at radius 1 is 1.40 bits per heavy atom. The van der Waals surface area contributed by atoms with Crippen molar-refractivity contribution in [3.8, 4) is 0 Å². The van der Waals surface area contributed by atoms with Crippen LogP contribution in [0.25, 0.3) is 0 Å². The van der Waals surface area contributed by atoms with E-state index in [1.807, 2.05) is 30.8 Å². The number of rotatable bonds is 4. The lowest BCUT2D eigenvalue weighted by Crippen LogP contribution is -2.43. The molecule has 0 amide bonds. The van der Waals surface area contributed by atoms with E-state index in [1.54, 1.807) is 6.20 Å². The number of aromatic nitrogens is 3. The third-order valence-electron chi connectivity index (χ3n) is 3.74. The molecule has 0 saturated carbocycles. The van der Waals surface area contributed by atoms with E-state index in [1.165, 1.54) is 5.56 Å². The Kier molecular flexibility index (Phi) is 3.84. The standard InChI is InChI=1S/C14H20N4O2/c1-11-14(12(2)20-16-11)10-17-6-7-19-13(8-17)9-18-5-3-4-15-18/h3-5,13H,6-10H2,1-2H3/t13-/m0/s1. The molecule has 6 nitrogen and oxygen atoms in total. The van der Waals surface area contributed by atoms with Crippen LogP contribution in [0.15, 0.2) is 23.0 Å². The summed E-state index contributed by atoms with van der Waals surface area (Å²) in [7, 11) is 0. The van der Waals surface area contributed by atoms with Crippen molar-refractivity contribution in [2.45, 2.75) is 33.0 Å². The topological polar surface area (TPSA) is 56.3 Å². The fraction of sp³-hybridized carbons (Fsp3) is 0.571.